The lowest BCUT2D eigenvalue weighted by molar-refractivity contribution is -0.00501. The van der Waals surface area contributed by atoms with E-state index in [2.05, 4.69) is 58.7 Å². The van der Waals surface area contributed by atoms with Gasteiger partial charge in [-0.15, -0.1) is 24.0 Å². The third-order valence-corrected chi connectivity index (χ3v) is 5.47. The lowest BCUT2D eigenvalue weighted by atomic mass is 9.88. The zero-order valence-corrected chi connectivity index (χ0v) is 20.0. The fraction of sp³-hybridized carbons (Fsp3) is 0.524. The van der Waals surface area contributed by atoms with Gasteiger partial charge < -0.3 is 24.7 Å². The number of nitrogens with one attached hydrogen (secondary N) is 2. The highest BCUT2D eigenvalue weighted by Gasteiger charge is 2.34. The molecule has 0 radical (unpaired) electrons. The predicted octanol–water partition coefficient (Wildman–Crippen LogP) is 3.04. The third kappa shape index (κ3) is 6.16. The second-order valence-corrected chi connectivity index (χ2v) is 7.52. The van der Waals surface area contributed by atoms with Crippen molar-refractivity contribution in [1.82, 2.24) is 20.5 Å². The number of hydrogen-bond acceptors (Lipinski definition) is 5. The Morgan fingerprint density at radius 2 is 1.86 bits per heavy atom. The van der Waals surface area contributed by atoms with Gasteiger partial charge in [-0.25, -0.2) is 4.98 Å². The summed E-state index contributed by atoms with van der Waals surface area (Å²) in [5, 5.41) is 6.78. The Hall–Kier alpha value is -1.65. The molecule has 1 saturated heterocycles. The zero-order valence-electron chi connectivity index (χ0n) is 17.7. The molecule has 1 aliphatic heterocycles. The highest BCUT2D eigenvalue weighted by atomic mass is 127. The van der Waals surface area contributed by atoms with Crippen LogP contribution < -0.4 is 10.6 Å². The third-order valence-electron chi connectivity index (χ3n) is 5.47. The number of aromatic nitrogens is 1. The Bertz CT molecular complexity index is 783. The van der Waals surface area contributed by atoms with Crippen LogP contribution >= 0.6 is 24.0 Å². The predicted molar refractivity (Wildman–Crippen MR) is 127 cm³/mol. The molecule has 1 fully saturated rings. The number of aliphatic imine (C=N–C) groups is 1. The van der Waals surface area contributed by atoms with E-state index in [4.69, 9.17) is 9.15 Å². The van der Waals surface area contributed by atoms with Crippen LogP contribution in [0.25, 0.3) is 11.5 Å². The standard InChI is InChI=1S/C21H31N5O2.HI/c1-16-5-7-17(8-6-16)19-25-18(14-28-19)13-23-20(22-2)24-15-21(26(3)4)9-11-27-12-10-21;/h5-8,14H,9-13,15H2,1-4H3,(H2,22,23,24);1H. The summed E-state index contributed by atoms with van der Waals surface area (Å²) >= 11 is 0. The summed E-state index contributed by atoms with van der Waals surface area (Å²) in [6.45, 7) is 5.02. The van der Waals surface area contributed by atoms with E-state index in [9.17, 15) is 0 Å². The molecule has 0 unspecified atom stereocenters. The van der Waals surface area contributed by atoms with Crippen molar-refractivity contribution in [2.75, 3.05) is 40.9 Å². The van der Waals surface area contributed by atoms with Crippen molar-refractivity contribution < 1.29 is 9.15 Å². The van der Waals surface area contributed by atoms with Crippen molar-refractivity contribution in [2.45, 2.75) is 31.8 Å². The minimum atomic E-state index is 0. The molecule has 2 heterocycles. The largest absolute Gasteiger partial charge is 0.444 e. The average molecular weight is 513 g/mol. The van der Waals surface area contributed by atoms with E-state index < -0.39 is 0 Å². The van der Waals surface area contributed by atoms with E-state index in [1.807, 2.05) is 12.1 Å². The molecule has 8 heteroatoms. The number of guanidine groups is 1. The minimum absolute atomic E-state index is 0. The van der Waals surface area contributed by atoms with Crippen LogP contribution in [0.4, 0.5) is 0 Å². The molecule has 3 rings (SSSR count). The van der Waals surface area contributed by atoms with Gasteiger partial charge in [-0.3, -0.25) is 4.99 Å². The first-order valence-corrected chi connectivity index (χ1v) is 9.73. The SMILES string of the molecule is CN=C(NCc1coc(-c2ccc(C)cc2)n1)NCC1(N(C)C)CCOCC1.I. The molecule has 0 saturated carbocycles. The average Bonchev–Trinajstić information content (AvgIpc) is 3.18. The van der Waals surface area contributed by atoms with Crippen molar-refractivity contribution in [3.8, 4) is 11.5 Å². The molecule has 0 spiro atoms. The second kappa shape index (κ2) is 10.9. The maximum Gasteiger partial charge on any atom is 0.226 e. The Morgan fingerprint density at radius 1 is 1.17 bits per heavy atom. The quantitative estimate of drug-likeness (QED) is 0.352. The van der Waals surface area contributed by atoms with Gasteiger partial charge in [0.25, 0.3) is 0 Å². The molecule has 1 aliphatic rings. The molecule has 0 amide bonds. The van der Waals surface area contributed by atoms with E-state index in [0.717, 1.165) is 49.8 Å². The van der Waals surface area contributed by atoms with E-state index >= 15 is 0 Å². The number of benzene rings is 1. The maximum atomic E-state index is 5.63. The van der Waals surface area contributed by atoms with Gasteiger partial charge in [0, 0.05) is 37.9 Å². The summed E-state index contributed by atoms with van der Waals surface area (Å²) in [7, 11) is 6.04. The van der Waals surface area contributed by atoms with Crippen LogP contribution in [0.5, 0.6) is 0 Å². The van der Waals surface area contributed by atoms with Crippen molar-refractivity contribution in [3.05, 3.63) is 41.8 Å². The molecule has 7 nitrogen and oxygen atoms in total. The zero-order chi connectivity index (χ0) is 20.0. The number of aryl methyl sites for hydroxylation is 1. The molecule has 2 N–H and O–H groups in total. The van der Waals surface area contributed by atoms with Gasteiger partial charge in [0.05, 0.1) is 12.2 Å². The molecule has 29 heavy (non-hydrogen) atoms. The fourth-order valence-electron chi connectivity index (χ4n) is 3.39. The van der Waals surface area contributed by atoms with E-state index in [1.54, 1.807) is 13.3 Å². The lowest BCUT2D eigenvalue weighted by Crippen LogP contribution is -2.57. The van der Waals surface area contributed by atoms with Crippen molar-refractivity contribution in [1.29, 1.82) is 0 Å². The van der Waals surface area contributed by atoms with Gasteiger partial charge in [-0.2, -0.15) is 0 Å². The molecular formula is C21H32IN5O2. The first kappa shape index (κ1) is 23.6. The van der Waals surface area contributed by atoms with E-state index in [-0.39, 0.29) is 29.5 Å². The smallest absolute Gasteiger partial charge is 0.226 e. The van der Waals surface area contributed by atoms with Gasteiger partial charge in [0.2, 0.25) is 5.89 Å². The van der Waals surface area contributed by atoms with Crippen LogP contribution in [0, 0.1) is 6.92 Å². The van der Waals surface area contributed by atoms with Gasteiger partial charge >= 0.3 is 0 Å². The summed E-state index contributed by atoms with van der Waals surface area (Å²) in [4.78, 5) is 11.2. The summed E-state index contributed by atoms with van der Waals surface area (Å²) in [6, 6.07) is 8.15. The van der Waals surface area contributed by atoms with E-state index in [0.29, 0.717) is 12.4 Å². The number of halogens is 1. The summed E-state index contributed by atoms with van der Waals surface area (Å²) < 4.78 is 11.2. The van der Waals surface area contributed by atoms with Crippen LogP contribution in [-0.2, 0) is 11.3 Å². The molecule has 0 aliphatic carbocycles. The van der Waals surface area contributed by atoms with Crippen LogP contribution in [0.2, 0.25) is 0 Å². The topological polar surface area (TPSA) is 74.9 Å². The Labute approximate surface area is 190 Å². The number of rotatable bonds is 6. The van der Waals surface area contributed by atoms with Crippen LogP contribution in [0.3, 0.4) is 0 Å². The molecule has 0 bridgehead atoms. The molecular weight excluding hydrogens is 481 g/mol. The summed E-state index contributed by atoms with van der Waals surface area (Å²) in [5.74, 6) is 1.39. The number of nitrogens with zero attached hydrogens (tertiary/aromatic N) is 3. The molecule has 2 aromatic rings. The number of oxazole rings is 1. The molecule has 1 aromatic heterocycles. The highest BCUT2D eigenvalue weighted by molar-refractivity contribution is 14.0. The Kier molecular flexibility index (Phi) is 8.91. The normalized spacial score (nSPS) is 16.4. The van der Waals surface area contributed by atoms with Crippen LogP contribution in [-0.4, -0.2) is 62.3 Å². The second-order valence-electron chi connectivity index (χ2n) is 7.52. The molecule has 160 valence electrons. The van der Waals surface area contributed by atoms with E-state index in [1.165, 1.54) is 5.56 Å². The number of hydrogen-bond donors (Lipinski definition) is 2. The first-order chi connectivity index (χ1) is 13.5. The van der Waals surface area contributed by atoms with Gasteiger partial charge in [-0.05, 0) is 46.0 Å². The first-order valence-electron chi connectivity index (χ1n) is 9.73. The van der Waals surface area contributed by atoms with Crippen molar-refractivity contribution in [2.24, 2.45) is 4.99 Å². The van der Waals surface area contributed by atoms with Crippen LogP contribution in [0.15, 0.2) is 39.9 Å². The van der Waals surface area contributed by atoms with Crippen molar-refractivity contribution >= 4 is 29.9 Å². The highest BCUT2D eigenvalue weighted by Crippen LogP contribution is 2.25. The fourth-order valence-corrected chi connectivity index (χ4v) is 3.39. The van der Waals surface area contributed by atoms with Crippen molar-refractivity contribution in [3.63, 3.8) is 0 Å². The van der Waals surface area contributed by atoms with Gasteiger partial charge in [0.1, 0.15) is 6.26 Å². The van der Waals surface area contributed by atoms with Crippen LogP contribution in [0.1, 0.15) is 24.1 Å². The lowest BCUT2D eigenvalue weighted by Gasteiger charge is -2.43. The summed E-state index contributed by atoms with van der Waals surface area (Å²) in [5.41, 5.74) is 3.12. The number of likely N-dealkylation sites (N-methyl/N-ethyl adjacent to an activating group) is 1. The van der Waals surface area contributed by atoms with Gasteiger partial charge in [-0.1, -0.05) is 17.7 Å². The monoisotopic (exact) mass is 513 g/mol. The Morgan fingerprint density at radius 3 is 2.48 bits per heavy atom. The number of ether oxygens (including phenoxy) is 1. The van der Waals surface area contributed by atoms with Gasteiger partial charge in [0.15, 0.2) is 5.96 Å². The minimum Gasteiger partial charge on any atom is -0.444 e. The summed E-state index contributed by atoms with van der Waals surface area (Å²) in [6.07, 6.45) is 3.70. The maximum absolute atomic E-state index is 5.63. The Balaban J connectivity index is 0.00000300. The molecule has 1 aromatic carbocycles. The molecule has 0 atom stereocenters.